The first-order chi connectivity index (χ1) is 8.88. The quantitative estimate of drug-likeness (QED) is 0.796. The van der Waals surface area contributed by atoms with Gasteiger partial charge in [0.2, 0.25) is 0 Å². The van der Waals surface area contributed by atoms with Crippen LogP contribution in [0.5, 0.6) is 0 Å². The van der Waals surface area contributed by atoms with Crippen molar-refractivity contribution in [3.05, 3.63) is 29.8 Å². The van der Waals surface area contributed by atoms with Crippen LogP contribution in [0.4, 0.5) is 14.5 Å². The standard InChI is InChI=1S/C16H23F2N/c1-16(2,3)12-6-4-5-7-15(12)19-11-8-9-13(17)14(18)10-11/h8-10,12,15,19H,4-7H2,1-3H3. The highest BCUT2D eigenvalue weighted by atomic mass is 19.2. The van der Waals surface area contributed by atoms with E-state index in [4.69, 9.17) is 0 Å². The number of anilines is 1. The number of rotatable bonds is 2. The molecule has 1 fully saturated rings. The molecule has 0 bridgehead atoms. The second kappa shape index (κ2) is 5.48. The van der Waals surface area contributed by atoms with Crippen LogP contribution in [0.15, 0.2) is 18.2 Å². The van der Waals surface area contributed by atoms with E-state index in [1.807, 2.05) is 0 Å². The third kappa shape index (κ3) is 3.46. The van der Waals surface area contributed by atoms with E-state index in [1.165, 1.54) is 31.4 Å². The lowest BCUT2D eigenvalue weighted by Gasteiger charge is -2.41. The Morgan fingerprint density at radius 3 is 2.37 bits per heavy atom. The monoisotopic (exact) mass is 267 g/mol. The molecule has 106 valence electrons. The van der Waals surface area contributed by atoms with Crippen LogP contribution in [0.2, 0.25) is 0 Å². The van der Waals surface area contributed by atoms with E-state index in [-0.39, 0.29) is 5.41 Å². The highest BCUT2D eigenvalue weighted by Crippen LogP contribution is 2.39. The van der Waals surface area contributed by atoms with Crippen LogP contribution in [0, 0.1) is 23.0 Å². The van der Waals surface area contributed by atoms with Gasteiger partial charge in [0.05, 0.1) is 0 Å². The average molecular weight is 267 g/mol. The Bertz CT molecular complexity index is 437. The molecule has 2 atom stereocenters. The smallest absolute Gasteiger partial charge is 0.160 e. The lowest BCUT2D eigenvalue weighted by atomic mass is 9.69. The van der Waals surface area contributed by atoms with Gasteiger partial charge in [-0.3, -0.25) is 0 Å². The molecule has 2 rings (SSSR count). The first-order valence-electron chi connectivity index (χ1n) is 7.09. The summed E-state index contributed by atoms with van der Waals surface area (Å²) in [6.45, 7) is 6.76. The molecule has 1 N–H and O–H groups in total. The van der Waals surface area contributed by atoms with Crippen LogP contribution in [-0.2, 0) is 0 Å². The predicted molar refractivity (Wildman–Crippen MR) is 75.2 cm³/mol. The van der Waals surface area contributed by atoms with Gasteiger partial charge < -0.3 is 5.32 Å². The normalized spacial score (nSPS) is 24.3. The van der Waals surface area contributed by atoms with Crippen molar-refractivity contribution in [1.29, 1.82) is 0 Å². The van der Waals surface area contributed by atoms with Crippen LogP contribution in [0.25, 0.3) is 0 Å². The SMILES string of the molecule is CC(C)(C)C1CCCCC1Nc1ccc(F)c(F)c1. The molecule has 2 unspecified atom stereocenters. The summed E-state index contributed by atoms with van der Waals surface area (Å²) in [5.41, 5.74) is 0.913. The van der Waals surface area contributed by atoms with E-state index < -0.39 is 11.6 Å². The molecule has 0 amide bonds. The second-order valence-corrected chi connectivity index (χ2v) is 6.64. The van der Waals surface area contributed by atoms with Crippen LogP contribution in [0.1, 0.15) is 46.5 Å². The van der Waals surface area contributed by atoms with Gasteiger partial charge in [-0.05, 0) is 36.3 Å². The molecule has 19 heavy (non-hydrogen) atoms. The largest absolute Gasteiger partial charge is 0.382 e. The number of nitrogens with one attached hydrogen (secondary N) is 1. The zero-order valence-corrected chi connectivity index (χ0v) is 12.0. The third-order valence-corrected chi connectivity index (χ3v) is 4.15. The Morgan fingerprint density at radius 1 is 1.05 bits per heavy atom. The predicted octanol–water partition coefficient (Wildman–Crippen LogP) is 4.98. The van der Waals surface area contributed by atoms with Crippen LogP contribution < -0.4 is 5.32 Å². The number of hydrogen-bond donors (Lipinski definition) is 1. The first-order valence-corrected chi connectivity index (χ1v) is 7.09. The third-order valence-electron chi connectivity index (χ3n) is 4.15. The summed E-state index contributed by atoms with van der Waals surface area (Å²) in [5, 5.41) is 3.40. The fraction of sp³-hybridized carbons (Fsp3) is 0.625. The van der Waals surface area contributed by atoms with Crippen molar-refractivity contribution < 1.29 is 8.78 Å². The van der Waals surface area contributed by atoms with E-state index in [0.29, 0.717) is 17.6 Å². The maximum absolute atomic E-state index is 13.2. The Kier molecular flexibility index (Phi) is 4.12. The lowest BCUT2D eigenvalue weighted by Crippen LogP contribution is -2.39. The number of hydrogen-bond acceptors (Lipinski definition) is 1. The fourth-order valence-corrected chi connectivity index (χ4v) is 3.14. The van der Waals surface area contributed by atoms with Crippen molar-refractivity contribution in [2.75, 3.05) is 5.32 Å². The summed E-state index contributed by atoms with van der Waals surface area (Å²) >= 11 is 0. The molecule has 1 aromatic carbocycles. The van der Waals surface area contributed by atoms with Gasteiger partial charge in [-0.1, -0.05) is 33.6 Å². The molecule has 1 aliphatic carbocycles. The van der Waals surface area contributed by atoms with Crippen LogP contribution in [0.3, 0.4) is 0 Å². The Balaban J connectivity index is 2.13. The molecular weight excluding hydrogens is 244 g/mol. The van der Waals surface area contributed by atoms with Crippen molar-refractivity contribution in [1.82, 2.24) is 0 Å². The summed E-state index contributed by atoms with van der Waals surface area (Å²) in [5.74, 6) is -1.01. The van der Waals surface area contributed by atoms with Gasteiger partial charge in [-0.25, -0.2) is 8.78 Å². The highest BCUT2D eigenvalue weighted by Gasteiger charge is 2.34. The number of halogens is 2. The van der Waals surface area contributed by atoms with Gasteiger partial charge in [0.15, 0.2) is 11.6 Å². The summed E-state index contributed by atoms with van der Waals surface area (Å²) in [6, 6.07) is 4.40. The topological polar surface area (TPSA) is 12.0 Å². The Morgan fingerprint density at radius 2 is 1.74 bits per heavy atom. The Labute approximate surface area is 114 Å². The minimum absolute atomic E-state index is 0.233. The van der Waals surface area contributed by atoms with Gasteiger partial charge >= 0.3 is 0 Å². The van der Waals surface area contributed by atoms with Crippen molar-refractivity contribution >= 4 is 5.69 Å². The van der Waals surface area contributed by atoms with Crippen molar-refractivity contribution in [3.8, 4) is 0 Å². The molecule has 1 aromatic rings. The molecular formula is C16H23F2N. The fourth-order valence-electron chi connectivity index (χ4n) is 3.14. The maximum Gasteiger partial charge on any atom is 0.160 e. The minimum Gasteiger partial charge on any atom is -0.382 e. The molecule has 0 aliphatic heterocycles. The van der Waals surface area contributed by atoms with Crippen molar-refractivity contribution in [2.24, 2.45) is 11.3 Å². The molecule has 0 heterocycles. The first kappa shape index (κ1) is 14.3. The lowest BCUT2D eigenvalue weighted by molar-refractivity contribution is 0.163. The van der Waals surface area contributed by atoms with Gasteiger partial charge in [-0.2, -0.15) is 0 Å². The van der Waals surface area contributed by atoms with Gasteiger partial charge in [0.25, 0.3) is 0 Å². The molecule has 1 aliphatic rings. The van der Waals surface area contributed by atoms with E-state index in [1.54, 1.807) is 6.07 Å². The highest BCUT2D eigenvalue weighted by molar-refractivity contribution is 5.44. The van der Waals surface area contributed by atoms with E-state index in [9.17, 15) is 8.78 Å². The zero-order valence-electron chi connectivity index (χ0n) is 12.0. The summed E-state index contributed by atoms with van der Waals surface area (Å²) in [4.78, 5) is 0. The van der Waals surface area contributed by atoms with E-state index in [0.717, 1.165) is 6.42 Å². The van der Waals surface area contributed by atoms with Gasteiger partial charge in [-0.15, -0.1) is 0 Å². The summed E-state index contributed by atoms with van der Waals surface area (Å²) in [7, 11) is 0. The molecule has 1 saturated carbocycles. The van der Waals surface area contributed by atoms with Gasteiger partial charge in [0.1, 0.15) is 0 Å². The Hall–Kier alpha value is -1.12. The van der Waals surface area contributed by atoms with Crippen molar-refractivity contribution in [2.45, 2.75) is 52.5 Å². The molecule has 0 radical (unpaired) electrons. The maximum atomic E-state index is 13.2. The molecule has 0 aromatic heterocycles. The zero-order chi connectivity index (χ0) is 14.0. The second-order valence-electron chi connectivity index (χ2n) is 6.64. The summed E-state index contributed by atoms with van der Waals surface area (Å²) in [6.07, 6.45) is 4.76. The van der Waals surface area contributed by atoms with Crippen LogP contribution >= 0.6 is 0 Å². The van der Waals surface area contributed by atoms with E-state index >= 15 is 0 Å². The summed E-state index contributed by atoms with van der Waals surface area (Å²) < 4.78 is 26.2. The van der Waals surface area contributed by atoms with Gasteiger partial charge in [0, 0.05) is 17.8 Å². The molecule has 3 heteroatoms. The molecule has 1 nitrogen and oxygen atoms in total. The van der Waals surface area contributed by atoms with E-state index in [2.05, 4.69) is 26.1 Å². The molecule has 0 spiro atoms. The average Bonchev–Trinajstić information content (AvgIpc) is 2.33. The number of benzene rings is 1. The minimum atomic E-state index is -0.790. The van der Waals surface area contributed by atoms with Crippen LogP contribution in [-0.4, -0.2) is 6.04 Å². The molecule has 0 saturated heterocycles. The van der Waals surface area contributed by atoms with Crippen molar-refractivity contribution in [3.63, 3.8) is 0 Å².